The van der Waals surface area contributed by atoms with Crippen molar-refractivity contribution in [3.8, 4) is 6.01 Å². The molecule has 3 aliphatic rings. The molecule has 0 unspecified atom stereocenters. The summed E-state index contributed by atoms with van der Waals surface area (Å²) in [5.41, 5.74) is 2.68. The van der Waals surface area contributed by atoms with Crippen molar-refractivity contribution >= 4 is 28.2 Å². The summed E-state index contributed by atoms with van der Waals surface area (Å²) in [6.07, 6.45) is 4.36. The Morgan fingerprint density at radius 1 is 1.19 bits per heavy atom. The van der Waals surface area contributed by atoms with E-state index in [9.17, 15) is 4.79 Å². The molecule has 2 atom stereocenters. The van der Waals surface area contributed by atoms with Crippen LogP contribution in [0.4, 0.5) is 15.9 Å². The van der Waals surface area contributed by atoms with E-state index < -0.39 is 0 Å². The molecular weight excluding hydrogens is 535 g/mol. The molecular formula is C32H35FN6O3. The minimum Gasteiger partial charge on any atom is -0.461 e. The first-order valence-electron chi connectivity index (χ1n) is 14.6. The lowest BCUT2D eigenvalue weighted by molar-refractivity contribution is -0.128. The lowest BCUT2D eigenvalue weighted by atomic mass is 10.0. The van der Waals surface area contributed by atoms with E-state index >= 15 is 4.39 Å². The fourth-order valence-corrected chi connectivity index (χ4v) is 5.94. The summed E-state index contributed by atoms with van der Waals surface area (Å²) in [7, 11) is 0. The van der Waals surface area contributed by atoms with Crippen molar-refractivity contribution in [3.05, 3.63) is 77.5 Å². The summed E-state index contributed by atoms with van der Waals surface area (Å²) in [5.74, 6) is 0.360. The van der Waals surface area contributed by atoms with Gasteiger partial charge in [-0.15, -0.1) is 0 Å². The predicted molar refractivity (Wildman–Crippen MR) is 159 cm³/mol. The topological polar surface area (TPSA) is 75.4 Å². The van der Waals surface area contributed by atoms with E-state index in [1.165, 1.54) is 12.1 Å². The van der Waals surface area contributed by atoms with E-state index in [2.05, 4.69) is 21.2 Å². The SMILES string of the molecule is [C-]#[N+]C[C@H]1CN(c2nc(OC[C@H](C)OC3CC3)nc3c2CCN(c2cccc4cccc(F)c24)C3)CCN1C(=O)C=C. The largest absolute Gasteiger partial charge is 0.461 e. The predicted octanol–water partition coefficient (Wildman–Crippen LogP) is 4.40. The summed E-state index contributed by atoms with van der Waals surface area (Å²) >= 11 is 0. The van der Waals surface area contributed by atoms with Crippen LogP contribution >= 0.6 is 0 Å². The van der Waals surface area contributed by atoms with Crippen LogP contribution in [-0.4, -0.2) is 78.4 Å². The number of benzene rings is 2. The number of carbonyl (C=O) groups is 1. The van der Waals surface area contributed by atoms with Crippen LogP contribution in [0, 0.1) is 12.4 Å². The van der Waals surface area contributed by atoms with Gasteiger partial charge in [0.1, 0.15) is 24.3 Å². The second kappa shape index (κ2) is 11.9. The van der Waals surface area contributed by atoms with Crippen LogP contribution in [0.2, 0.25) is 0 Å². The molecule has 1 aromatic heterocycles. The molecule has 1 saturated carbocycles. The molecule has 1 saturated heterocycles. The minimum atomic E-state index is -0.276. The first-order valence-corrected chi connectivity index (χ1v) is 14.6. The molecule has 0 spiro atoms. The van der Waals surface area contributed by atoms with Crippen molar-refractivity contribution in [2.24, 2.45) is 0 Å². The first-order chi connectivity index (χ1) is 20.4. The number of aromatic nitrogens is 2. The molecule has 2 aromatic carbocycles. The van der Waals surface area contributed by atoms with E-state index in [1.54, 1.807) is 11.0 Å². The fourth-order valence-electron chi connectivity index (χ4n) is 5.94. The Hall–Kier alpha value is -4.23. The maximum Gasteiger partial charge on any atom is 0.318 e. The van der Waals surface area contributed by atoms with Crippen LogP contribution < -0.4 is 14.5 Å². The number of hydrogen-bond acceptors (Lipinski definition) is 7. The number of fused-ring (bicyclic) bond motifs is 2. The van der Waals surface area contributed by atoms with Crippen molar-refractivity contribution in [2.45, 2.75) is 51.0 Å². The third kappa shape index (κ3) is 5.74. The van der Waals surface area contributed by atoms with Gasteiger partial charge in [0.2, 0.25) is 12.5 Å². The zero-order valence-electron chi connectivity index (χ0n) is 23.8. The molecule has 218 valence electrons. The van der Waals surface area contributed by atoms with Gasteiger partial charge in [0, 0.05) is 42.8 Å². The quantitative estimate of drug-likeness (QED) is 0.279. The second-order valence-electron chi connectivity index (χ2n) is 11.2. The van der Waals surface area contributed by atoms with Crippen LogP contribution in [0.15, 0.2) is 49.1 Å². The van der Waals surface area contributed by atoms with Crippen LogP contribution in [0.1, 0.15) is 31.0 Å². The van der Waals surface area contributed by atoms with Gasteiger partial charge in [0.25, 0.3) is 0 Å². The minimum absolute atomic E-state index is 0.0905. The number of nitrogens with zero attached hydrogens (tertiary/aromatic N) is 6. The third-order valence-corrected chi connectivity index (χ3v) is 8.13. The number of piperazine rings is 1. The Morgan fingerprint density at radius 3 is 2.76 bits per heavy atom. The Kier molecular flexibility index (Phi) is 7.94. The van der Waals surface area contributed by atoms with Gasteiger partial charge >= 0.3 is 6.01 Å². The highest BCUT2D eigenvalue weighted by atomic mass is 19.1. The Balaban J connectivity index is 1.32. The number of carbonyl (C=O) groups excluding carboxylic acids is 1. The van der Waals surface area contributed by atoms with Gasteiger partial charge in [-0.25, -0.2) is 11.0 Å². The average molecular weight is 571 g/mol. The van der Waals surface area contributed by atoms with Crippen LogP contribution in [0.25, 0.3) is 15.6 Å². The monoisotopic (exact) mass is 570 g/mol. The molecule has 9 nitrogen and oxygen atoms in total. The fraction of sp³-hybridized carbons (Fsp3) is 0.438. The standard InChI is InChI=1S/C32H35FN6O3/c1-4-29(40)39-16-15-38(18-23(39)17-34-3)31-25-13-14-37(28-10-6-8-22-7-5-9-26(33)30(22)28)19-27(25)35-32(36-31)41-20-21(2)42-24-11-12-24/h4-10,21,23-24H,1,11-20H2,2H3/t21-,23-/m0/s1. The van der Waals surface area contributed by atoms with Gasteiger partial charge in [0.15, 0.2) is 0 Å². The van der Waals surface area contributed by atoms with E-state index in [4.69, 9.17) is 26.0 Å². The third-order valence-electron chi connectivity index (χ3n) is 8.13. The molecule has 3 aromatic rings. The zero-order chi connectivity index (χ0) is 29.2. The van der Waals surface area contributed by atoms with Crippen LogP contribution in [0.5, 0.6) is 6.01 Å². The maximum atomic E-state index is 15.0. The molecule has 6 rings (SSSR count). The Morgan fingerprint density at radius 2 is 2.00 bits per heavy atom. The highest BCUT2D eigenvalue weighted by Gasteiger charge is 2.35. The highest BCUT2D eigenvalue weighted by Crippen LogP contribution is 2.35. The number of ether oxygens (including phenoxy) is 2. The van der Waals surface area contributed by atoms with E-state index in [-0.39, 0.29) is 36.4 Å². The molecule has 1 aliphatic carbocycles. The highest BCUT2D eigenvalue weighted by molar-refractivity contribution is 5.95. The zero-order valence-corrected chi connectivity index (χ0v) is 23.8. The van der Waals surface area contributed by atoms with Gasteiger partial charge in [-0.05, 0) is 49.8 Å². The number of halogens is 1. The van der Waals surface area contributed by atoms with Crippen molar-refractivity contribution in [2.75, 3.05) is 49.1 Å². The maximum absolute atomic E-state index is 15.0. The van der Waals surface area contributed by atoms with Crippen molar-refractivity contribution in [3.63, 3.8) is 0 Å². The lowest BCUT2D eigenvalue weighted by Gasteiger charge is -2.41. The van der Waals surface area contributed by atoms with Crippen LogP contribution in [0.3, 0.4) is 0 Å². The van der Waals surface area contributed by atoms with Crippen molar-refractivity contribution in [1.29, 1.82) is 0 Å². The van der Waals surface area contributed by atoms with E-state index in [0.717, 1.165) is 41.0 Å². The van der Waals surface area contributed by atoms with E-state index in [1.807, 2.05) is 31.2 Å². The average Bonchev–Trinajstić information content (AvgIpc) is 3.83. The summed E-state index contributed by atoms with van der Waals surface area (Å²) in [6, 6.07) is 11.0. The van der Waals surface area contributed by atoms with E-state index in [0.29, 0.717) is 57.2 Å². The van der Waals surface area contributed by atoms with Crippen molar-refractivity contribution in [1.82, 2.24) is 14.9 Å². The molecule has 3 heterocycles. The smallest absolute Gasteiger partial charge is 0.318 e. The molecule has 0 radical (unpaired) electrons. The summed E-state index contributed by atoms with van der Waals surface area (Å²) < 4.78 is 27.1. The summed E-state index contributed by atoms with van der Waals surface area (Å²) in [4.78, 5) is 31.9. The second-order valence-corrected chi connectivity index (χ2v) is 11.2. The van der Waals surface area contributed by atoms with Gasteiger partial charge in [-0.2, -0.15) is 9.97 Å². The first kappa shape index (κ1) is 27.9. The van der Waals surface area contributed by atoms with Crippen molar-refractivity contribution < 1.29 is 18.7 Å². The molecule has 0 bridgehead atoms. The molecule has 2 fully saturated rings. The molecule has 2 aliphatic heterocycles. The number of anilines is 2. The molecule has 1 amide bonds. The van der Waals surface area contributed by atoms with Crippen LogP contribution in [-0.2, 0) is 22.5 Å². The lowest BCUT2D eigenvalue weighted by Crippen LogP contribution is -2.56. The van der Waals surface area contributed by atoms with Gasteiger partial charge in [-0.3, -0.25) is 4.79 Å². The number of hydrogen-bond donors (Lipinski definition) is 0. The summed E-state index contributed by atoms with van der Waals surface area (Å²) in [5, 5.41) is 1.46. The Bertz CT molecular complexity index is 1530. The molecule has 0 N–H and O–H groups in total. The molecule has 10 heteroatoms. The van der Waals surface area contributed by atoms with Gasteiger partial charge in [0.05, 0.1) is 24.4 Å². The van der Waals surface area contributed by atoms with Gasteiger partial charge < -0.3 is 29.0 Å². The normalized spacial score (nSPS) is 19.3. The Labute approximate surface area is 245 Å². The molecule has 42 heavy (non-hydrogen) atoms. The number of rotatable bonds is 9. The summed E-state index contributed by atoms with van der Waals surface area (Å²) in [6.45, 7) is 16.3. The number of amides is 1. The van der Waals surface area contributed by atoms with Gasteiger partial charge in [-0.1, -0.05) is 30.8 Å².